The van der Waals surface area contributed by atoms with Gasteiger partial charge in [-0.2, -0.15) is 4.31 Å². The summed E-state index contributed by atoms with van der Waals surface area (Å²) in [6.45, 7) is 5.13. The van der Waals surface area contributed by atoms with Crippen LogP contribution >= 0.6 is 11.6 Å². The van der Waals surface area contributed by atoms with Crippen LogP contribution in [0.2, 0.25) is 5.02 Å². The third-order valence-corrected chi connectivity index (χ3v) is 6.01. The largest absolute Gasteiger partial charge is 0.398 e. The van der Waals surface area contributed by atoms with Crippen LogP contribution in [0.15, 0.2) is 17.0 Å². The van der Waals surface area contributed by atoms with E-state index >= 15 is 0 Å². The Morgan fingerprint density at radius 1 is 1.48 bits per heavy atom. The van der Waals surface area contributed by atoms with Crippen molar-refractivity contribution in [3.05, 3.63) is 22.7 Å². The van der Waals surface area contributed by atoms with Crippen LogP contribution < -0.4 is 5.73 Å². The lowest BCUT2D eigenvalue weighted by molar-refractivity contribution is 0.0265. The monoisotopic (exact) mass is 332 g/mol. The van der Waals surface area contributed by atoms with Crippen molar-refractivity contribution in [2.45, 2.75) is 37.7 Å². The number of rotatable bonds is 4. The minimum absolute atomic E-state index is 0.0555. The van der Waals surface area contributed by atoms with Crippen molar-refractivity contribution in [3.63, 3.8) is 0 Å². The maximum absolute atomic E-state index is 12.8. The second kappa shape index (κ2) is 6.52. The number of nitrogen functional groups attached to an aromatic ring is 1. The summed E-state index contributed by atoms with van der Waals surface area (Å²) in [5.74, 6) is 0. The molecule has 1 heterocycles. The summed E-state index contributed by atoms with van der Waals surface area (Å²) in [4.78, 5) is 0.0735. The lowest BCUT2D eigenvalue weighted by Crippen LogP contribution is -2.43. The van der Waals surface area contributed by atoms with Crippen LogP contribution in [-0.2, 0) is 14.8 Å². The molecule has 7 heteroatoms. The van der Waals surface area contributed by atoms with Crippen LogP contribution in [0.1, 0.15) is 25.3 Å². The van der Waals surface area contributed by atoms with Gasteiger partial charge in [-0.15, -0.1) is 0 Å². The zero-order valence-corrected chi connectivity index (χ0v) is 13.9. The molecule has 1 aliphatic heterocycles. The fourth-order valence-corrected chi connectivity index (χ4v) is 4.60. The van der Waals surface area contributed by atoms with Crippen molar-refractivity contribution in [3.8, 4) is 0 Å². The standard InChI is InChI=1S/C14H21ClN2O3S/c1-3-20-11-5-4-6-17(9-11)21(18,19)14-8-13(16)10(2)7-12(14)15/h7-8,11H,3-6,9,16H2,1-2H3. The van der Waals surface area contributed by atoms with E-state index in [0.717, 1.165) is 18.4 Å². The van der Waals surface area contributed by atoms with Gasteiger partial charge in [-0.25, -0.2) is 8.42 Å². The van der Waals surface area contributed by atoms with E-state index in [1.807, 2.05) is 6.92 Å². The van der Waals surface area contributed by atoms with Crippen molar-refractivity contribution in [1.29, 1.82) is 0 Å². The van der Waals surface area contributed by atoms with Crippen LogP contribution in [-0.4, -0.2) is 38.5 Å². The summed E-state index contributed by atoms with van der Waals surface area (Å²) in [5.41, 5.74) is 7.02. The van der Waals surface area contributed by atoms with Gasteiger partial charge >= 0.3 is 0 Å². The zero-order chi connectivity index (χ0) is 15.6. The molecule has 1 aromatic carbocycles. The first-order valence-corrected chi connectivity index (χ1v) is 8.85. The van der Waals surface area contributed by atoms with E-state index in [1.54, 1.807) is 13.0 Å². The minimum atomic E-state index is -3.64. The Labute approximate surface area is 131 Å². The molecule has 0 aromatic heterocycles. The number of sulfonamides is 1. The summed E-state index contributed by atoms with van der Waals surface area (Å²) in [5, 5.41) is 0.209. The Morgan fingerprint density at radius 2 is 2.19 bits per heavy atom. The number of hydrogen-bond acceptors (Lipinski definition) is 4. The lowest BCUT2D eigenvalue weighted by Gasteiger charge is -2.32. The molecule has 0 saturated carbocycles. The number of ether oxygens (including phenoxy) is 1. The lowest BCUT2D eigenvalue weighted by atomic mass is 10.1. The Kier molecular flexibility index (Phi) is 5.14. The number of piperidine rings is 1. The van der Waals surface area contributed by atoms with Gasteiger partial charge in [0, 0.05) is 25.4 Å². The van der Waals surface area contributed by atoms with Crippen LogP contribution in [0.4, 0.5) is 5.69 Å². The van der Waals surface area contributed by atoms with Crippen molar-refractivity contribution in [2.24, 2.45) is 0 Å². The van der Waals surface area contributed by atoms with Gasteiger partial charge in [0.15, 0.2) is 0 Å². The van der Waals surface area contributed by atoms with E-state index in [2.05, 4.69) is 0 Å². The van der Waals surface area contributed by atoms with Crippen molar-refractivity contribution in [1.82, 2.24) is 4.31 Å². The highest BCUT2D eigenvalue weighted by atomic mass is 35.5. The molecule has 1 aliphatic rings. The predicted molar refractivity (Wildman–Crippen MR) is 84.0 cm³/mol. The predicted octanol–water partition coefficient (Wildman–Crippen LogP) is 2.42. The van der Waals surface area contributed by atoms with Gasteiger partial charge in [-0.1, -0.05) is 11.6 Å². The van der Waals surface area contributed by atoms with Crippen molar-refractivity contribution < 1.29 is 13.2 Å². The molecule has 118 valence electrons. The Morgan fingerprint density at radius 3 is 2.86 bits per heavy atom. The molecule has 0 radical (unpaired) electrons. The second-order valence-electron chi connectivity index (χ2n) is 5.22. The first-order valence-electron chi connectivity index (χ1n) is 7.03. The summed E-state index contributed by atoms with van der Waals surface area (Å²) in [7, 11) is -3.64. The van der Waals surface area contributed by atoms with Crippen molar-refractivity contribution in [2.75, 3.05) is 25.4 Å². The fourth-order valence-electron chi connectivity index (χ4n) is 2.50. The highest BCUT2D eigenvalue weighted by Gasteiger charge is 2.32. The number of nitrogens with zero attached hydrogens (tertiary/aromatic N) is 1. The van der Waals surface area contributed by atoms with Gasteiger partial charge < -0.3 is 10.5 Å². The molecular formula is C14H21ClN2O3S. The van der Waals surface area contributed by atoms with E-state index in [-0.39, 0.29) is 16.0 Å². The first kappa shape index (κ1) is 16.5. The molecule has 0 spiro atoms. The Hall–Kier alpha value is -0.820. The average molecular weight is 333 g/mol. The molecule has 0 bridgehead atoms. The number of halogens is 1. The second-order valence-corrected chi connectivity index (χ2v) is 7.54. The minimum Gasteiger partial charge on any atom is -0.398 e. The molecule has 21 heavy (non-hydrogen) atoms. The Bertz CT molecular complexity index is 617. The molecule has 0 amide bonds. The highest BCUT2D eigenvalue weighted by Crippen LogP contribution is 2.30. The molecule has 1 fully saturated rings. The van der Waals surface area contributed by atoms with Gasteiger partial charge in [0.05, 0.1) is 11.1 Å². The smallest absolute Gasteiger partial charge is 0.244 e. The van der Waals surface area contributed by atoms with E-state index < -0.39 is 10.0 Å². The molecule has 2 rings (SSSR count). The summed E-state index contributed by atoms with van der Waals surface area (Å²) >= 11 is 6.11. The van der Waals surface area contributed by atoms with E-state index in [4.69, 9.17) is 22.1 Å². The number of benzene rings is 1. The summed E-state index contributed by atoms with van der Waals surface area (Å²) in [6, 6.07) is 3.03. The van der Waals surface area contributed by atoms with Gasteiger partial charge in [0.2, 0.25) is 10.0 Å². The molecule has 1 saturated heterocycles. The zero-order valence-electron chi connectivity index (χ0n) is 12.3. The van der Waals surface area contributed by atoms with Gasteiger partial charge in [-0.3, -0.25) is 0 Å². The van der Waals surface area contributed by atoms with Crippen LogP contribution in [0, 0.1) is 6.92 Å². The van der Waals surface area contributed by atoms with Crippen LogP contribution in [0.3, 0.4) is 0 Å². The first-order chi connectivity index (χ1) is 9.86. The molecule has 1 unspecified atom stereocenters. The normalized spacial score (nSPS) is 20.6. The molecule has 0 aliphatic carbocycles. The molecule has 1 aromatic rings. The third kappa shape index (κ3) is 3.51. The number of hydrogen-bond donors (Lipinski definition) is 1. The number of aryl methyl sites for hydroxylation is 1. The molecular weight excluding hydrogens is 312 g/mol. The van der Waals surface area contributed by atoms with E-state index in [0.29, 0.717) is 25.4 Å². The van der Waals surface area contributed by atoms with Gasteiger partial charge in [0.25, 0.3) is 0 Å². The third-order valence-electron chi connectivity index (χ3n) is 3.68. The molecule has 5 nitrogen and oxygen atoms in total. The Balaban J connectivity index is 2.31. The number of anilines is 1. The highest BCUT2D eigenvalue weighted by molar-refractivity contribution is 7.89. The average Bonchev–Trinajstić information content (AvgIpc) is 2.43. The quantitative estimate of drug-likeness (QED) is 0.859. The van der Waals surface area contributed by atoms with Gasteiger partial charge in [-0.05, 0) is 44.4 Å². The SMILES string of the molecule is CCOC1CCCN(S(=O)(=O)c2cc(N)c(C)cc2Cl)C1. The molecule has 1 atom stereocenters. The summed E-state index contributed by atoms with van der Waals surface area (Å²) in [6.07, 6.45) is 1.60. The fraction of sp³-hybridized carbons (Fsp3) is 0.571. The molecule has 2 N–H and O–H groups in total. The maximum atomic E-state index is 12.8. The number of nitrogens with two attached hydrogens (primary N) is 1. The van der Waals surface area contributed by atoms with E-state index in [9.17, 15) is 8.42 Å². The van der Waals surface area contributed by atoms with Gasteiger partial charge in [0.1, 0.15) is 4.90 Å². The summed E-state index contributed by atoms with van der Waals surface area (Å²) < 4.78 is 32.5. The van der Waals surface area contributed by atoms with Crippen LogP contribution in [0.5, 0.6) is 0 Å². The maximum Gasteiger partial charge on any atom is 0.244 e. The van der Waals surface area contributed by atoms with Crippen molar-refractivity contribution >= 4 is 27.3 Å². The topological polar surface area (TPSA) is 72.6 Å². The van der Waals surface area contributed by atoms with E-state index in [1.165, 1.54) is 10.4 Å². The van der Waals surface area contributed by atoms with Crippen LogP contribution in [0.25, 0.3) is 0 Å².